The lowest BCUT2D eigenvalue weighted by molar-refractivity contribution is -0.174. The van der Waals surface area contributed by atoms with Crippen LogP contribution in [0.25, 0.3) is 0 Å². The summed E-state index contributed by atoms with van der Waals surface area (Å²) in [6, 6.07) is 0. The van der Waals surface area contributed by atoms with Crippen LogP contribution in [0.2, 0.25) is 0 Å². The van der Waals surface area contributed by atoms with Crippen LogP contribution in [-0.2, 0) is 4.74 Å². The van der Waals surface area contributed by atoms with Crippen molar-refractivity contribution in [2.45, 2.75) is 39.8 Å². The Balaban J connectivity index is 3.61. The van der Waals surface area contributed by atoms with E-state index in [1.165, 1.54) is 0 Å². The Kier molecular flexibility index (Phi) is 8.60. The summed E-state index contributed by atoms with van der Waals surface area (Å²) in [5.74, 6) is 1.04. The normalized spacial score (nSPS) is 14.3. The largest absolute Gasteiger partial charge is 0.411 e. The van der Waals surface area contributed by atoms with Crippen LogP contribution in [0.5, 0.6) is 0 Å². The van der Waals surface area contributed by atoms with Gasteiger partial charge in [-0.1, -0.05) is 20.8 Å². The first-order valence-electron chi connectivity index (χ1n) is 6.22. The number of hydrogen-bond donors (Lipinski definition) is 1. The lowest BCUT2D eigenvalue weighted by Crippen LogP contribution is -2.26. The second-order valence-electron chi connectivity index (χ2n) is 4.62. The molecule has 2 nitrogen and oxygen atoms in total. The van der Waals surface area contributed by atoms with E-state index < -0.39 is 12.8 Å². The molecule has 0 aromatic rings. The molecule has 0 spiro atoms. The Hall–Kier alpha value is -0.290. The molecule has 0 saturated carbocycles. The van der Waals surface area contributed by atoms with E-state index in [0.717, 1.165) is 19.5 Å². The fourth-order valence-corrected chi connectivity index (χ4v) is 1.64. The van der Waals surface area contributed by atoms with Gasteiger partial charge in [0.1, 0.15) is 6.61 Å². The van der Waals surface area contributed by atoms with E-state index in [1.807, 2.05) is 6.92 Å². The third-order valence-corrected chi connectivity index (χ3v) is 2.73. The Morgan fingerprint density at radius 2 is 1.88 bits per heavy atom. The van der Waals surface area contributed by atoms with E-state index in [1.54, 1.807) is 0 Å². The molecule has 0 heterocycles. The van der Waals surface area contributed by atoms with Crippen LogP contribution in [0.15, 0.2) is 0 Å². The lowest BCUT2D eigenvalue weighted by atomic mass is 9.91. The Morgan fingerprint density at radius 3 is 2.35 bits per heavy atom. The minimum atomic E-state index is -4.21. The van der Waals surface area contributed by atoms with Crippen molar-refractivity contribution in [3.05, 3.63) is 0 Å². The van der Waals surface area contributed by atoms with Gasteiger partial charge in [0.2, 0.25) is 0 Å². The summed E-state index contributed by atoms with van der Waals surface area (Å²) in [6.07, 6.45) is -2.62. The van der Waals surface area contributed by atoms with Crippen LogP contribution in [0.1, 0.15) is 33.6 Å². The molecule has 1 N–H and O–H groups in total. The van der Waals surface area contributed by atoms with E-state index in [9.17, 15) is 13.2 Å². The third kappa shape index (κ3) is 10.6. The van der Waals surface area contributed by atoms with Crippen molar-refractivity contribution in [2.24, 2.45) is 11.8 Å². The molecule has 0 saturated heterocycles. The second kappa shape index (κ2) is 8.75. The molecule has 104 valence electrons. The Morgan fingerprint density at radius 1 is 1.24 bits per heavy atom. The van der Waals surface area contributed by atoms with Gasteiger partial charge in [0, 0.05) is 6.61 Å². The van der Waals surface area contributed by atoms with Gasteiger partial charge in [-0.05, 0) is 37.8 Å². The molecule has 0 rings (SSSR count). The molecule has 5 heteroatoms. The second-order valence-corrected chi connectivity index (χ2v) is 4.62. The van der Waals surface area contributed by atoms with E-state index >= 15 is 0 Å². The topological polar surface area (TPSA) is 21.3 Å². The van der Waals surface area contributed by atoms with E-state index in [0.29, 0.717) is 18.3 Å². The van der Waals surface area contributed by atoms with E-state index in [4.69, 9.17) is 0 Å². The fraction of sp³-hybridized carbons (Fsp3) is 1.00. The van der Waals surface area contributed by atoms with Crippen LogP contribution < -0.4 is 5.32 Å². The first-order chi connectivity index (χ1) is 7.87. The predicted molar refractivity (Wildman–Crippen MR) is 63.0 cm³/mol. The first kappa shape index (κ1) is 16.7. The zero-order valence-corrected chi connectivity index (χ0v) is 10.9. The average molecular weight is 255 g/mol. The lowest BCUT2D eigenvalue weighted by Gasteiger charge is -2.21. The summed E-state index contributed by atoms with van der Waals surface area (Å²) in [5.41, 5.74) is 0. The van der Waals surface area contributed by atoms with Gasteiger partial charge < -0.3 is 10.1 Å². The molecule has 0 aliphatic heterocycles. The van der Waals surface area contributed by atoms with E-state index in [-0.39, 0.29) is 6.61 Å². The molecule has 0 amide bonds. The monoisotopic (exact) mass is 255 g/mol. The molecule has 1 atom stereocenters. The molecule has 0 radical (unpaired) electrons. The van der Waals surface area contributed by atoms with E-state index in [2.05, 4.69) is 23.9 Å². The summed E-state index contributed by atoms with van der Waals surface area (Å²) in [5, 5.41) is 3.27. The maximum absolute atomic E-state index is 11.8. The SMILES string of the molecule is CCNCC(CCCOCC(F)(F)F)C(C)C. The molecule has 0 aliphatic carbocycles. The van der Waals surface area contributed by atoms with Crippen molar-refractivity contribution in [2.75, 3.05) is 26.3 Å². The predicted octanol–water partition coefficient (Wildman–Crippen LogP) is 3.23. The molecule has 0 aromatic heterocycles. The first-order valence-corrected chi connectivity index (χ1v) is 6.22. The van der Waals surface area contributed by atoms with Crippen LogP contribution >= 0.6 is 0 Å². The summed E-state index contributed by atoms with van der Waals surface area (Å²) in [4.78, 5) is 0. The fourth-order valence-electron chi connectivity index (χ4n) is 1.64. The summed E-state index contributed by atoms with van der Waals surface area (Å²) in [7, 11) is 0. The van der Waals surface area contributed by atoms with Gasteiger partial charge in [-0.15, -0.1) is 0 Å². The van der Waals surface area contributed by atoms with Gasteiger partial charge in [-0.3, -0.25) is 0 Å². The van der Waals surface area contributed by atoms with Crippen LogP contribution in [0.4, 0.5) is 13.2 Å². The highest BCUT2D eigenvalue weighted by atomic mass is 19.4. The highest BCUT2D eigenvalue weighted by Gasteiger charge is 2.27. The quantitative estimate of drug-likeness (QED) is 0.639. The maximum Gasteiger partial charge on any atom is 0.411 e. The van der Waals surface area contributed by atoms with Crippen LogP contribution in [0, 0.1) is 11.8 Å². The van der Waals surface area contributed by atoms with Crippen molar-refractivity contribution < 1.29 is 17.9 Å². The highest BCUT2D eigenvalue weighted by molar-refractivity contribution is 4.65. The number of hydrogen-bond acceptors (Lipinski definition) is 2. The van der Waals surface area contributed by atoms with Crippen molar-refractivity contribution in [3.8, 4) is 0 Å². The minimum Gasteiger partial charge on any atom is -0.372 e. The van der Waals surface area contributed by atoms with Gasteiger partial charge in [0.05, 0.1) is 0 Å². The van der Waals surface area contributed by atoms with Crippen LogP contribution in [0.3, 0.4) is 0 Å². The number of halogens is 3. The van der Waals surface area contributed by atoms with Gasteiger partial charge in [-0.25, -0.2) is 0 Å². The molecular weight excluding hydrogens is 231 g/mol. The molecule has 0 aromatic carbocycles. The van der Waals surface area contributed by atoms with Crippen molar-refractivity contribution in [1.82, 2.24) is 5.32 Å². The number of rotatable bonds is 9. The molecule has 0 aliphatic rings. The van der Waals surface area contributed by atoms with Gasteiger partial charge in [0.25, 0.3) is 0 Å². The smallest absolute Gasteiger partial charge is 0.372 e. The molecule has 0 bridgehead atoms. The highest BCUT2D eigenvalue weighted by Crippen LogP contribution is 2.18. The van der Waals surface area contributed by atoms with Crippen LogP contribution in [-0.4, -0.2) is 32.5 Å². The summed E-state index contributed by atoms with van der Waals surface area (Å²) in [6.45, 7) is 7.23. The Bertz CT molecular complexity index is 183. The number of alkyl halides is 3. The molecule has 0 fully saturated rings. The zero-order chi connectivity index (χ0) is 13.3. The van der Waals surface area contributed by atoms with Gasteiger partial charge in [-0.2, -0.15) is 13.2 Å². The zero-order valence-electron chi connectivity index (χ0n) is 10.9. The molecule has 1 unspecified atom stereocenters. The number of ether oxygens (including phenoxy) is 1. The van der Waals surface area contributed by atoms with Crippen molar-refractivity contribution in [1.29, 1.82) is 0 Å². The molecule has 17 heavy (non-hydrogen) atoms. The number of nitrogens with one attached hydrogen (secondary N) is 1. The maximum atomic E-state index is 11.8. The third-order valence-electron chi connectivity index (χ3n) is 2.73. The average Bonchev–Trinajstić information content (AvgIpc) is 2.20. The Labute approximate surface area is 102 Å². The summed E-state index contributed by atoms with van der Waals surface area (Å²) >= 11 is 0. The van der Waals surface area contributed by atoms with Gasteiger partial charge in [0.15, 0.2) is 0 Å². The minimum absolute atomic E-state index is 0.189. The van der Waals surface area contributed by atoms with Gasteiger partial charge >= 0.3 is 6.18 Å². The molecular formula is C12H24F3NO. The standard InChI is InChI=1S/C12H24F3NO/c1-4-16-8-11(10(2)3)6-5-7-17-9-12(13,14)15/h10-11,16H,4-9H2,1-3H3. The summed E-state index contributed by atoms with van der Waals surface area (Å²) < 4.78 is 40.0. The van der Waals surface area contributed by atoms with Crippen molar-refractivity contribution in [3.63, 3.8) is 0 Å². The van der Waals surface area contributed by atoms with Crippen molar-refractivity contribution >= 4 is 0 Å².